The summed E-state index contributed by atoms with van der Waals surface area (Å²) in [5.74, 6) is 0.0252. The molecular formula is C20H22N2O4S. The van der Waals surface area contributed by atoms with Crippen LogP contribution in [0.3, 0.4) is 0 Å². The van der Waals surface area contributed by atoms with E-state index in [1.807, 2.05) is 20.8 Å². The summed E-state index contributed by atoms with van der Waals surface area (Å²) in [6.07, 6.45) is 0.380. The second kappa shape index (κ2) is 7.15. The van der Waals surface area contributed by atoms with Gasteiger partial charge in [-0.25, -0.2) is 4.79 Å². The summed E-state index contributed by atoms with van der Waals surface area (Å²) in [6.45, 7) is 5.36. The van der Waals surface area contributed by atoms with Crippen molar-refractivity contribution in [2.24, 2.45) is 0 Å². The van der Waals surface area contributed by atoms with Gasteiger partial charge in [0, 0.05) is 15.3 Å². The Morgan fingerprint density at radius 1 is 1.22 bits per heavy atom. The highest BCUT2D eigenvalue weighted by Crippen LogP contribution is 2.33. The first-order valence-corrected chi connectivity index (χ1v) is 9.53. The fourth-order valence-electron chi connectivity index (χ4n) is 3.42. The van der Waals surface area contributed by atoms with Gasteiger partial charge in [0.25, 0.3) is 5.91 Å². The van der Waals surface area contributed by atoms with Crippen molar-refractivity contribution in [3.05, 3.63) is 51.2 Å². The van der Waals surface area contributed by atoms with Crippen LogP contribution in [0.15, 0.2) is 30.3 Å². The van der Waals surface area contributed by atoms with Crippen molar-refractivity contribution in [2.75, 3.05) is 13.7 Å². The van der Waals surface area contributed by atoms with Gasteiger partial charge < -0.3 is 10.1 Å². The molecule has 27 heavy (non-hydrogen) atoms. The Bertz CT molecular complexity index is 903. The number of thiophene rings is 1. The highest BCUT2D eigenvalue weighted by atomic mass is 32.1. The van der Waals surface area contributed by atoms with Crippen molar-refractivity contribution in [1.29, 1.82) is 0 Å². The third-order valence-corrected chi connectivity index (χ3v) is 5.90. The minimum Gasteiger partial charge on any atom is -0.497 e. The molecule has 1 aliphatic rings. The molecule has 1 aromatic carbocycles. The van der Waals surface area contributed by atoms with Crippen LogP contribution in [0.2, 0.25) is 0 Å². The van der Waals surface area contributed by atoms with Gasteiger partial charge in [-0.1, -0.05) is 19.1 Å². The lowest BCUT2D eigenvalue weighted by Crippen LogP contribution is -2.43. The molecule has 1 saturated heterocycles. The molecule has 2 heterocycles. The Morgan fingerprint density at radius 2 is 1.89 bits per heavy atom. The van der Waals surface area contributed by atoms with Crippen LogP contribution in [0.1, 0.15) is 39.0 Å². The Morgan fingerprint density at radius 3 is 2.41 bits per heavy atom. The lowest BCUT2D eigenvalue weighted by Gasteiger charge is -2.26. The molecule has 3 rings (SSSR count). The van der Waals surface area contributed by atoms with E-state index in [4.69, 9.17) is 4.74 Å². The van der Waals surface area contributed by atoms with E-state index in [9.17, 15) is 14.4 Å². The lowest BCUT2D eigenvalue weighted by molar-refractivity contribution is -0.131. The topological polar surface area (TPSA) is 75.7 Å². The third kappa shape index (κ3) is 3.23. The molecular weight excluding hydrogens is 364 g/mol. The van der Waals surface area contributed by atoms with E-state index in [1.54, 1.807) is 37.4 Å². The number of benzene rings is 1. The Hall–Kier alpha value is -2.67. The van der Waals surface area contributed by atoms with Gasteiger partial charge in [-0.15, -0.1) is 11.3 Å². The molecule has 1 aliphatic heterocycles. The van der Waals surface area contributed by atoms with Crippen LogP contribution >= 0.6 is 11.3 Å². The van der Waals surface area contributed by atoms with E-state index in [2.05, 4.69) is 5.32 Å². The second-order valence-electron chi connectivity index (χ2n) is 6.56. The quantitative estimate of drug-likeness (QED) is 0.610. The van der Waals surface area contributed by atoms with Crippen LogP contribution in [0, 0.1) is 13.8 Å². The molecule has 142 valence electrons. The smallest absolute Gasteiger partial charge is 0.325 e. The maximum absolute atomic E-state index is 13.1. The van der Waals surface area contributed by atoms with Gasteiger partial charge >= 0.3 is 6.03 Å². The second-order valence-corrected chi connectivity index (χ2v) is 8.02. The number of amides is 3. The zero-order chi connectivity index (χ0) is 19.8. The number of aryl methyl sites for hydroxylation is 2. The van der Waals surface area contributed by atoms with Crippen molar-refractivity contribution >= 4 is 29.1 Å². The SMILES string of the molecule is CCC1(c2ccc(OC)cc2)NC(=O)N(CC(=O)c2cc(C)sc2C)C1=O. The number of urea groups is 1. The third-order valence-electron chi connectivity index (χ3n) is 4.93. The van der Waals surface area contributed by atoms with Gasteiger partial charge in [-0.05, 0) is 44.0 Å². The highest BCUT2D eigenvalue weighted by molar-refractivity contribution is 7.12. The fourth-order valence-corrected chi connectivity index (χ4v) is 4.36. The van der Waals surface area contributed by atoms with Crippen molar-refractivity contribution in [3.8, 4) is 5.75 Å². The van der Waals surface area contributed by atoms with Crippen LogP contribution in [0.4, 0.5) is 4.79 Å². The van der Waals surface area contributed by atoms with E-state index in [0.29, 0.717) is 23.3 Å². The summed E-state index contributed by atoms with van der Waals surface area (Å²) in [7, 11) is 1.56. The van der Waals surface area contributed by atoms with Crippen molar-refractivity contribution < 1.29 is 19.1 Å². The minimum atomic E-state index is -1.16. The average molecular weight is 386 g/mol. The van der Waals surface area contributed by atoms with Gasteiger partial charge in [0.15, 0.2) is 5.78 Å². The maximum atomic E-state index is 13.1. The number of hydrogen-bond acceptors (Lipinski definition) is 5. The summed E-state index contributed by atoms with van der Waals surface area (Å²) in [5.41, 5.74) is 0.0710. The number of nitrogens with one attached hydrogen (secondary N) is 1. The maximum Gasteiger partial charge on any atom is 0.325 e. The molecule has 0 spiro atoms. The van der Waals surface area contributed by atoms with E-state index < -0.39 is 17.5 Å². The minimum absolute atomic E-state index is 0.234. The number of ketones is 1. The predicted octanol–water partition coefficient (Wildman–Crippen LogP) is 3.41. The molecule has 2 aromatic rings. The molecule has 0 bridgehead atoms. The number of carbonyl (C=O) groups excluding carboxylic acids is 3. The Labute approximate surface area is 162 Å². The normalized spacial score (nSPS) is 19.3. The fraction of sp³-hybridized carbons (Fsp3) is 0.350. The zero-order valence-corrected chi connectivity index (χ0v) is 16.6. The average Bonchev–Trinajstić information content (AvgIpc) is 3.12. The lowest BCUT2D eigenvalue weighted by atomic mass is 9.87. The molecule has 3 amide bonds. The molecule has 7 heteroatoms. The molecule has 0 radical (unpaired) electrons. The van der Waals surface area contributed by atoms with Gasteiger partial charge in [-0.3, -0.25) is 14.5 Å². The highest BCUT2D eigenvalue weighted by Gasteiger charge is 2.51. The van der Waals surface area contributed by atoms with E-state index in [0.717, 1.165) is 14.7 Å². The Balaban J connectivity index is 1.88. The standard InChI is InChI=1S/C20H22N2O4S/c1-5-20(14-6-8-15(26-4)9-7-14)18(24)22(19(25)21-20)11-17(23)16-10-12(2)27-13(16)3/h6-10H,5,11H2,1-4H3,(H,21,25). The molecule has 1 atom stereocenters. The number of nitrogens with zero attached hydrogens (tertiary/aromatic N) is 1. The summed E-state index contributed by atoms with van der Waals surface area (Å²) >= 11 is 1.52. The van der Waals surface area contributed by atoms with Crippen molar-refractivity contribution in [1.82, 2.24) is 10.2 Å². The summed E-state index contributed by atoms with van der Waals surface area (Å²) in [5, 5.41) is 2.79. The molecule has 1 unspecified atom stereocenters. The van der Waals surface area contributed by atoms with Crippen LogP contribution in [0.5, 0.6) is 5.75 Å². The number of carbonyl (C=O) groups is 3. The summed E-state index contributed by atoms with van der Waals surface area (Å²) in [4.78, 5) is 41.3. The number of hydrogen-bond donors (Lipinski definition) is 1. The Kier molecular flexibility index (Phi) is 5.06. The molecule has 6 nitrogen and oxygen atoms in total. The van der Waals surface area contributed by atoms with Crippen LogP contribution in [0.25, 0.3) is 0 Å². The molecule has 1 N–H and O–H groups in total. The van der Waals surface area contributed by atoms with E-state index >= 15 is 0 Å². The molecule has 1 aromatic heterocycles. The zero-order valence-electron chi connectivity index (χ0n) is 15.8. The van der Waals surface area contributed by atoms with Crippen LogP contribution in [-0.4, -0.2) is 36.3 Å². The molecule has 0 aliphatic carbocycles. The van der Waals surface area contributed by atoms with Crippen molar-refractivity contribution in [2.45, 2.75) is 32.7 Å². The van der Waals surface area contributed by atoms with Gasteiger partial charge in [0.2, 0.25) is 0 Å². The van der Waals surface area contributed by atoms with E-state index in [-0.39, 0.29) is 12.3 Å². The van der Waals surface area contributed by atoms with Crippen molar-refractivity contribution in [3.63, 3.8) is 0 Å². The number of methoxy groups -OCH3 is 1. The first-order chi connectivity index (χ1) is 12.8. The largest absolute Gasteiger partial charge is 0.497 e. The van der Waals surface area contributed by atoms with Gasteiger partial charge in [0.05, 0.1) is 13.7 Å². The monoisotopic (exact) mass is 386 g/mol. The first-order valence-electron chi connectivity index (χ1n) is 8.71. The predicted molar refractivity (Wildman–Crippen MR) is 103 cm³/mol. The van der Waals surface area contributed by atoms with Gasteiger partial charge in [-0.2, -0.15) is 0 Å². The summed E-state index contributed by atoms with van der Waals surface area (Å²) in [6, 6.07) is 8.28. The summed E-state index contributed by atoms with van der Waals surface area (Å²) < 4.78 is 5.16. The first kappa shape index (κ1) is 19.1. The molecule has 0 saturated carbocycles. The van der Waals surface area contributed by atoms with E-state index in [1.165, 1.54) is 11.3 Å². The number of Topliss-reactive ketones (excluding diaryl/α,β-unsaturated/α-hetero) is 1. The van der Waals surface area contributed by atoms with Crippen LogP contribution in [-0.2, 0) is 10.3 Å². The van der Waals surface area contributed by atoms with Crippen LogP contribution < -0.4 is 10.1 Å². The van der Waals surface area contributed by atoms with Gasteiger partial charge in [0.1, 0.15) is 11.3 Å². The number of imide groups is 1. The number of ether oxygens (including phenoxy) is 1. The number of rotatable bonds is 6. The molecule has 1 fully saturated rings.